The summed E-state index contributed by atoms with van der Waals surface area (Å²) in [5.41, 5.74) is 2.79. The summed E-state index contributed by atoms with van der Waals surface area (Å²) in [5.74, 6) is 1.34. The fraction of sp³-hybridized carbons (Fsp3) is 0.400. The number of rotatable bonds is 4. The van der Waals surface area contributed by atoms with Crippen molar-refractivity contribution < 1.29 is 23.0 Å². The number of piperazine rings is 1. The largest absolute Gasteiger partial charge is 0.507 e. The number of benzene rings is 2. The average molecular weight is 404 g/mol. The Bertz CT molecular complexity index is 998. The van der Waals surface area contributed by atoms with Gasteiger partial charge in [0, 0.05) is 44.4 Å². The predicted octanol–water partition coefficient (Wildman–Crippen LogP) is 2.24. The number of ether oxygens (including phenoxy) is 2. The normalized spacial score (nSPS) is 17.8. The van der Waals surface area contributed by atoms with Crippen LogP contribution in [0.4, 0.5) is 0 Å². The molecule has 0 atom stereocenters. The molecule has 0 aromatic heterocycles. The zero-order valence-corrected chi connectivity index (χ0v) is 16.8. The van der Waals surface area contributed by atoms with Crippen molar-refractivity contribution in [1.29, 1.82) is 0 Å². The van der Waals surface area contributed by atoms with E-state index in [2.05, 4.69) is 4.90 Å². The minimum absolute atomic E-state index is 0.160. The Morgan fingerprint density at radius 2 is 1.64 bits per heavy atom. The van der Waals surface area contributed by atoms with Crippen LogP contribution in [0.3, 0.4) is 0 Å². The van der Waals surface area contributed by atoms with Crippen molar-refractivity contribution in [2.24, 2.45) is 0 Å². The van der Waals surface area contributed by atoms with E-state index in [1.807, 2.05) is 19.9 Å². The van der Waals surface area contributed by atoms with Gasteiger partial charge in [0.15, 0.2) is 11.5 Å². The van der Waals surface area contributed by atoms with Crippen LogP contribution in [0.5, 0.6) is 17.2 Å². The summed E-state index contributed by atoms with van der Waals surface area (Å²) < 4.78 is 38.0. The molecule has 2 aliphatic rings. The number of hydrogen-bond donors (Lipinski definition) is 1. The molecule has 0 bridgehead atoms. The molecule has 0 spiro atoms. The fourth-order valence-electron chi connectivity index (χ4n) is 3.49. The van der Waals surface area contributed by atoms with Gasteiger partial charge >= 0.3 is 0 Å². The molecule has 2 aromatic rings. The number of aromatic hydroxyl groups is 1. The van der Waals surface area contributed by atoms with E-state index >= 15 is 0 Å². The maximum absolute atomic E-state index is 12.9. The van der Waals surface area contributed by atoms with Crippen LogP contribution in [0.1, 0.15) is 16.7 Å². The highest BCUT2D eigenvalue weighted by atomic mass is 32.2. The molecule has 0 unspecified atom stereocenters. The first-order valence-corrected chi connectivity index (χ1v) is 10.7. The van der Waals surface area contributed by atoms with Crippen molar-refractivity contribution in [3.8, 4) is 17.2 Å². The van der Waals surface area contributed by atoms with Crippen molar-refractivity contribution in [3.63, 3.8) is 0 Å². The molecule has 1 N–H and O–H groups in total. The van der Waals surface area contributed by atoms with Crippen LogP contribution in [-0.4, -0.2) is 55.7 Å². The van der Waals surface area contributed by atoms with Gasteiger partial charge < -0.3 is 14.6 Å². The molecule has 0 radical (unpaired) electrons. The lowest BCUT2D eigenvalue weighted by Gasteiger charge is -2.34. The molecule has 0 saturated carbocycles. The zero-order chi connectivity index (χ0) is 19.9. The third-order valence-corrected chi connectivity index (χ3v) is 7.31. The molecular formula is C20H24N2O5S. The number of sulfonamides is 1. The van der Waals surface area contributed by atoms with Gasteiger partial charge in [-0.25, -0.2) is 8.42 Å². The van der Waals surface area contributed by atoms with Gasteiger partial charge in [0.05, 0.1) is 4.90 Å². The molecule has 28 heavy (non-hydrogen) atoms. The van der Waals surface area contributed by atoms with Crippen molar-refractivity contribution in [1.82, 2.24) is 9.21 Å². The van der Waals surface area contributed by atoms with E-state index in [0.717, 1.165) is 16.7 Å². The van der Waals surface area contributed by atoms with Gasteiger partial charge in [-0.2, -0.15) is 4.31 Å². The van der Waals surface area contributed by atoms with Crippen LogP contribution < -0.4 is 9.47 Å². The third-order valence-electron chi connectivity index (χ3n) is 5.42. The Labute approximate surface area is 165 Å². The SMILES string of the molecule is Cc1ccc(S(=O)(=O)N2CCN(Cc3cc4c(cc3O)OCO4)CC2)cc1C. The van der Waals surface area contributed by atoms with E-state index in [-0.39, 0.29) is 12.5 Å². The zero-order valence-electron chi connectivity index (χ0n) is 16.0. The van der Waals surface area contributed by atoms with Crippen LogP contribution in [0.15, 0.2) is 35.2 Å². The Hall–Kier alpha value is -2.29. The maximum Gasteiger partial charge on any atom is 0.243 e. The molecule has 0 aliphatic carbocycles. The van der Waals surface area contributed by atoms with Gasteiger partial charge in [-0.3, -0.25) is 4.90 Å². The molecule has 0 amide bonds. The Morgan fingerprint density at radius 3 is 2.32 bits per heavy atom. The fourth-order valence-corrected chi connectivity index (χ4v) is 5.00. The first-order chi connectivity index (χ1) is 13.3. The lowest BCUT2D eigenvalue weighted by molar-refractivity contribution is 0.173. The number of hydrogen-bond acceptors (Lipinski definition) is 6. The van der Waals surface area contributed by atoms with Gasteiger partial charge in [0.1, 0.15) is 5.75 Å². The van der Waals surface area contributed by atoms with E-state index < -0.39 is 10.0 Å². The first-order valence-electron chi connectivity index (χ1n) is 9.26. The predicted molar refractivity (Wildman–Crippen MR) is 104 cm³/mol. The van der Waals surface area contributed by atoms with Gasteiger partial charge in [-0.05, 0) is 43.2 Å². The second-order valence-electron chi connectivity index (χ2n) is 7.26. The van der Waals surface area contributed by atoms with E-state index in [1.54, 1.807) is 24.3 Å². The smallest absolute Gasteiger partial charge is 0.243 e. The van der Waals surface area contributed by atoms with Crippen molar-refractivity contribution >= 4 is 10.0 Å². The summed E-state index contributed by atoms with van der Waals surface area (Å²) >= 11 is 0. The van der Waals surface area contributed by atoms with E-state index in [1.165, 1.54) is 4.31 Å². The summed E-state index contributed by atoms with van der Waals surface area (Å²) in [6.45, 7) is 6.60. The average Bonchev–Trinajstić information content (AvgIpc) is 3.11. The Kier molecular flexibility index (Phi) is 4.95. The van der Waals surface area contributed by atoms with Crippen molar-refractivity contribution in [2.75, 3.05) is 33.0 Å². The lowest BCUT2D eigenvalue weighted by atomic mass is 10.1. The number of phenols is 1. The highest BCUT2D eigenvalue weighted by molar-refractivity contribution is 7.89. The van der Waals surface area contributed by atoms with Gasteiger partial charge in [-0.15, -0.1) is 0 Å². The summed E-state index contributed by atoms with van der Waals surface area (Å²) in [7, 11) is -3.49. The molecule has 2 heterocycles. The van der Waals surface area contributed by atoms with Crippen LogP contribution in [0.25, 0.3) is 0 Å². The molecular weight excluding hydrogens is 380 g/mol. The number of nitrogens with zero attached hydrogens (tertiary/aromatic N) is 2. The van der Waals surface area contributed by atoms with Crippen LogP contribution in [-0.2, 0) is 16.6 Å². The minimum Gasteiger partial charge on any atom is -0.507 e. The lowest BCUT2D eigenvalue weighted by Crippen LogP contribution is -2.48. The highest BCUT2D eigenvalue weighted by Crippen LogP contribution is 2.38. The third kappa shape index (κ3) is 3.55. The Morgan fingerprint density at radius 1 is 0.964 bits per heavy atom. The summed E-state index contributed by atoms with van der Waals surface area (Å²) in [6, 6.07) is 8.62. The van der Waals surface area contributed by atoms with Crippen molar-refractivity contribution in [3.05, 3.63) is 47.0 Å². The van der Waals surface area contributed by atoms with Crippen LogP contribution in [0.2, 0.25) is 0 Å². The van der Waals surface area contributed by atoms with Gasteiger partial charge in [-0.1, -0.05) is 6.07 Å². The molecule has 1 fully saturated rings. The van der Waals surface area contributed by atoms with Crippen molar-refractivity contribution in [2.45, 2.75) is 25.3 Å². The molecule has 2 aliphatic heterocycles. The maximum atomic E-state index is 12.9. The molecule has 7 nitrogen and oxygen atoms in total. The minimum atomic E-state index is -3.49. The topological polar surface area (TPSA) is 79.3 Å². The molecule has 4 rings (SSSR count). The van der Waals surface area contributed by atoms with E-state index in [4.69, 9.17) is 9.47 Å². The van der Waals surface area contributed by atoms with Crippen LogP contribution >= 0.6 is 0 Å². The summed E-state index contributed by atoms with van der Waals surface area (Å²) in [5, 5.41) is 10.2. The van der Waals surface area contributed by atoms with Crippen LogP contribution in [0, 0.1) is 13.8 Å². The standard InChI is InChI=1S/C20H24N2O5S/c1-14-3-4-17(9-15(14)2)28(24,25)22-7-5-21(6-8-22)12-16-10-19-20(11-18(16)23)27-13-26-19/h3-4,9-11,23H,5-8,12-13H2,1-2H3. The number of phenolic OH excluding ortho intramolecular Hbond substituents is 1. The Balaban J connectivity index is 1.43. The van der Waals surface area contributed by atoms with E-state index in [0.29, 0.717) is 49.1 Å². The molecule has 2 aromatic carbocycles. The number of aryl methyl sites for hydroxylation is 2. The first kappa shape index (κ1) is 19.0. The van der Waals surface area contributed by atoms with Gasteiger partial charge in [0.25, 0.3) is 0 Å². The monoisotopic (exact) mass is 404 g/mol. The van der Waals surface area contributed by atoms with Gasteiger partial charge in [0.2, 0.25) is 16.8 Å². The number of fused-ring (bicyclic) bond motifs is 1. The van der Waals surface area contributed by atoms with E-state index in [9.17, 15) is 13.5 Å². The second-order valence-corrected chi connectivity index (χ2v) is 9.20. The summed E-state index contributed by atoms with van der Waals surface area (Å²) in [4.78, 5) is 2.47. The second kappa shape index (κ2) is 7.27. The molecule has 8 heteroatoms. The quantitative estimate of drug-likeness (QED) is 0.842. The highest BCUT2D eigenvalue weighted by Gasteiger charge is 2.29. The molecule has 150 valence electrons. The summed E-state index contributed by atoms with van der Waals surface area (Å²) in [6.07, 6.45) is 0. The molecule has 1 saturated heterocycles.